The molecule has 2 rings (SSSR count). The van der Waals surface area contributed by atoms with Crippen LogP contribution in [-0.4, -0.2) is 66.3 Å². The Labute approximate surface area is 148 Å². The number of rotatable bonds is 4. The van der Waals surface area contributed by atoms with Gasteiger partial charge in [-0.2, -0.15) is 0 Å². The molecule has 0 aromatic heterocycles. The second-order valence-electron chi connectivity index (χ2n) is 7.19. The lowest BCUT2D eigenvalue weighted by Crippen LogP contribution is -2.53. The van der Waals surface area contributed by atoms with Crippen molar-refractivity contribution < 1.29 is 24.2 Å². The van der Waals surface area contributed by atoms with E-state index in [0.29, 0.717) is 19.0 Å². The number of hydrogen-bond donors (Lipinski definition) is 3. The molecule has 2 aliphatic rings. The second kappa shape index (κ2) is 8.62. The van der Waals surface area contributed by atoms with Crippen molar-refractivity contribution in [3.05, 3.63) is 0 Å². The Morgan fingerprint density at radius 2 is 1.84 bits per heavy atom. The third-order valence-corrected chi connectivity index (χ3v) is 5.30. The molecule has 1 heterocycles. The molecule has 1 aliphatic carbocycles. The normalized spacial score (nSPS) is 26.5. The number of nitrogens with zero attached hydrogens (tertiary/aromatic N) is 1. The molecule has 25 heavy (non-hydrogen) atoms. The number of aliphatic hydroxyl groups is 1. The van der Waals surface area contributed by atoms with Crippen molar-refractivity contribution in [1.29, 1.82) is 0 Å². The molecule has 2 fully saturated rings. The van der Waals surface area contributed by atoms with E-state index < -0.39 is 17.6 Å². The highest BCUT2D eigenvalue weighted by Gasteiger charge is 2.40. The van der Waals surface area contributed by atoms with Gasteiger partial charge in [-0.25, -0.2) is 9.59 Å². The minimum Gasteiger partial charge on any atom is -0.467 e. The fourth-order valence-electron chi connectivity index (χ4n) is 3.58. The van der Waals surface area contributed by atoms with Crippen LogP contribution in [-0.2, 0) is 14.3 Å². The zero-order valence-corrected chi connectivity index (χ0v) is 15.0. The highest BCUT2D eigenvalue weighted by molar-refractivity contribution is 5.95. The maximum absolute atomic E-state index is 12.0. The van der Waals surface area contributed by atoms with Crippen molar-refractivity contribution in [3.8, 4) is 0 Å². The summed E-state index contributed by atoms with van der Waals surface area (Å²) in [6.45, 7) is 2.95. The van der Waals surface area contributed by atoms with E-state index in [-0.39, 0.29) is 31.3 Å². The molecule has 8 nitrogen and oxygen atoms in total. The Morgan fingerprint density at radius 1 is 1.20 bits per heavy atom. The monoisotopic (exact) mass is 355 g/mol. The molecule has 1 saturated heterocycles. The van der Waals surface area contributed by atoms with E-state index >= 15 is 0 Å². The summed E-state index contributed by atoms with van der Waals surface area (Å²) >= 11 is 0. The van der Waals surface area contributed by atoms with Crippen LogP contribution in [0.4, 0.5) is 4.79 Å². The van der Waals surface area contributed by atoms with Crippen LogP contribution in [0.1, 0.15) is 45.4 Å². The third-order valence-electron chi connectivity index (χ3n) is 5.30. The average Bonchev–Trinajstić information content (AvgIpc) is 2.58. The number of amides is 3. The van der Waals surface area contributed by atoms with E-state index in [4.69, 9.17) is 0 Å². The third kappa shape index (κ3) is 5.40. The highest BCUT2D eigenvalue weighted by atomic mass is 16.5. The smallest absolute Gasteiger partial charge is 0.337 e. The van der Waals surface area contributed by atoms with Gasteiger partial charge in [0.2, 0.25) is 5.91 Å². The summed E-state index contributed by atoms with van der Waals surface area (Å²) in [5.41, 5.74) is -1.48. The quantitative estimate of drug-likeness (QED) is 0.630. The second-order valence-corrected chi connectivity index (χ2v) is 7.19. The standard InChI is InChI=1S/C17H29N3O5/c1-12-5-3-4-6-13(12)18-16(23)19-14(21)11-20-9-7-17(24,8-10-20)15(22)25-2/h12-13,24H,3-11H2,1-2H3,(H2,18,19,21,23)/t12-,13-/m0/s1. The number of likely N-dealkylation sites (tertiary alicyclic amines) is 1. The number of ether oxygens (including phenoxy) is 1. The predicted octanol–water partition coefficient (Wildman–Crippen LogP) is 0.391. The first kappa shape index (κ1) is 19.7. The first-order valence-electron chi connectivity index (χ1n) is 8.97. The lowest BCUT2D eigenvalue weighted by molar-refractivity contribution is -0.167. The van der Waals surface area contributed by atoms with Gasteiger partial charge in [-0.05, 0) is 31.6 Å². The molecule has 142 valence electrons. The van der Waals surface area contributed by atoms with Gasteiger partial charge in [-0.15, -0.1) is 0 Å². The van der Waals surface area contributed by atoms with Crippen LogP contribution in [0.15, 0.2) is 0 Å². The molecule has 8 heteroatoms. The van der Waals surface area contributed by atoms with Gasteiger partial charge in [0.15, 0.2) is 5.60 Å². The number of piperidine rings is 1. The Balaban J connectivity index is 1.72. The molecule has 0 spiro atoms. The topological polar surface area (TPSA) is 108 Å². The summed E-state index contributed by atoms with van der Waals surface area (Å²) in [4.78, 5) is 37.4. The molecule has 3 N–H and O–H groups in total. The largest absolute Gasteiger partial charge is 0.467 e. The minimum absolute atomic E-state index is 0.0604. The van der Waals surface area contributed by atoms with Crippen LogP contribution >= 0.6 is 0 Å². The van der Waals surface area contributed by atoms with Gasteiger partial charge in [0.05, 0.1) is 13.7 Å². The molecule has 0 radical (unpaired) electrons. The van der Waals surface area contributed by atoms with Gasteiger partial charge in [0, 0.05) is 19.1 Å². The summed E-state index contributed by atoms with van der Waals surface area (Å²) in [5, 5.41) is 15.4. The van der Waals surface area contributed by atoms with Gasteiger partial charge in [-0.3, -0.25) is 15.0 Å². The Hall–Kier alpha value is -1.67. The van der Waals surface area contributed by atoms with Gasteiger partial charge in [0.1, 0.15) is 0 Å². The highest BCUT2D eigenvalue weighted by Crippen LogP contribution is 2.24. The van der Waals surface area contributed by atoms with Crippen LogP contribution in [0.5, 0.6) is 0 Å². The summed E-state index contributed by atoms with van der Waals surface area (Å²) in [6.07, 6.45) is 4.74. The number of methoxy groups -OCH3 is 1. The SMILES string of the molecule is COC(=O)C1(O)CCN(CC(=O)NC(=O)N[C@H]2CCCC[C@@H]2C)CC1. The summed E-state index contributed by atoms with van der Waals surface area (Å²) in [6, 6.07) is -0.335. The van der Waals surface area contributed by atoms with Crippen LogP contribution < -0.4 is 10.6 Å². The Morgan fingerprint density at radius 3 is 2.44 bits per heavy atom. The zero-order chi connectivity index (χ0) is 18.4. The van der Waals surface area contributed by atoms with Crippen LogP contribution in [0, 0.1) is 5.92 Å². The van der Waals surface area contributed by atoms with E-state index in [2.05, 4.69) is 22.3 Å². The molecule has 3 amide bonds. The first-order chi connectivity index (χ1) is 11.8. The van der Waals surface area contributed by atoms with E-state index in [9.17, 15) is 19.5 Å². The van der Waals surface area contributed by atoms with Crippen LogP contribution in [0.3, 0.4) is 0 Å². The fourth-order valence-corrected chi connectivity index (χ4v) is 3.58. The number of carbonyl (C=O) groups is 3. The maximum atomic E-state index is 12.0. The minimum atomic E-state index is -1.48. The number of imide groups is 1. The predicted molar refractivity (Wildman–Crippen MR) is 90.7 cm³/mol. The molecule has 1 saturated carbocycles. The number of urea groups is 1. The number of esters is 1. The zero-order valence-electron chi connectivity index (χ0n) is 15.0. The van der Waals surface area contributed by atoms with Crippen molar-refractivity contribution in [2.75, 3.05) is 26.7 Å². The van der Waals surface area contributed by atoms with Gasteiger partial charge < -0.3 is 15.2 Å². The Bertz CT molecular complexity index is 503. The number of carbonyl (C=O) groups excluding carboxylic acids is 3. The molecule has 0 aromatic rings. The summed E-state index contributed by atoms with van der Waals surface area (Å²) in [7, 11) is 1.24. The summed E-state index contributed by atoms with van der Waals surface area (Å²) in [5.74, 6) is -0.602. The first-order valence-corrected chi connectivity index (χ1v) is 8.97. The van der Waals surface area contributed by atoms with Crippen molar-refractivity contribution >= 4 is 17.9 Å². The average molecular weight is 355 g/mol. The molecule has 0 aromatic carbocycles. The molecule has 0 unspecified atom stereocenters. The molecule has 0 bridgehead atoms. The van der Waals surface area contributed by atoms with E-state index in [0.717, 1.165) is 19.3 Å². The van der Waals surface area contributed by atoms with Gasteiger partial charge in [0.25, 0.3) is 0 Å². The summed E-state index contributed by atoms with van der Waals surface area (Å²) < 4.78 is 4.60. The fraction of sp³-hybridized carbons (Fsp3) is 0.824. The van der Waals surface area contributed by atoms with Crippen molar-refractivity contribution in [3.63, 3.8) is 0 Å². The molecule has 2 atom stereocenters. The van der Waals surface area contributed by atoms with Crippen LogP contribution in [0.25, 0.3) is 0 Å². The molecular weight excluding hydrogens is 326 g/mol. The molecule has 1 aliphatic heterocycles. The van der Waals surface area contributed by atoms with Crippen molar-refractivity contribution in [2.24, 2.45) is 5.92 Å². The number of hydrogen-bond acceptors (Lipinski definition) is 6. The van der Waals surface area contributed by atoms with Crippen molar-refractivity contribution in [1.82, 2.24) is 15.5 Å². The Kier molecular flexibility index (Phi) is 6.78. The van der Waals surface area contributed by atoms with Crippen LogP contribution in [0.2, 0.25) is 0 Å². The van der Waals surface area contributed by atoms with E-state index in [1.807, 2.05) is 4.90 Å². The van der Waals surface area contributed by atoms with E-state index in [1.165, 1.54) is 13.5 Å². The lowest BCUT2D eigenvalue weighted by Gasteiger charge is -2.35. The maximum Gasteiger partial charge on any atom is 0.337 e. The van der Waals surface area contributed by atoms with Gasteiger partial charge in [-0.1, -0.05) is 19.8 Å². The molecular formula is C17H29N3O5. The number of nitrogens with one attached hydrogen (secondary N) is 2. The van der Waals surface area contributed by atoms with E-state index in [1.54, 1.807) is 0 Å². The lowest BCUT2D eigenvalue weighted by atomic mass is 9.86. The van der Waals surface area contributed by atoms with Crippen molar-refractivity contribution in [2.45, 2.75) is 57.1 Å². The van der Waals surface area contributed by atoms with Gasteiger partial charge >= 0.3 is 12.0 Å².